The maximum Gasteiger partial charge on any atom is 0.262 e. The topological polar surface area (TPSA) is 62.3 Å². The van der Waals surface area contributed by atoms with Crippen LogP contribution in [0.3, 0.4) is 0 Å². The van der Waals surface area contributed by atoms with Gasteiger partial charge in [0, 0.05) is 12.6 Å². The quantitative estimate of drug-likeness (QED) is 0.850. The molecule has 2 heterocycles. The van der Waals surface area contributed by atoms with Crippen LogP contribution in [0.4, 0.5) is 11.5 Å². The average Bonchev–Trinajstić information content (AvgIpc) is 2.61. The first-order valence-corrected chi connectivity index (χ1v) is 10.7. The molecule has 3 rings (SSSR count). The second-order valence-electron chi connectivity index (χ2n) is 7.03. The van der Waals surface area contributed by atoms with Gasteiger partial charge >= 0.3 is 0 Å². The van der Waals surface area contributed by atoms with Crippen molar-refractivity contribution in [3.05, 3.63) is 47.7 Å². The normalized spacial score (nSPS) is 18.0. The SMILES string of the molecule is CCC1CCCCN1c1ccc(NS(=O)(=O)c2ccc(C)cc2C)cn1. The van der Waals surface area contributed by atoms with E-state index in [1.54, 1.807) is 18.3 Å². The van der Waals surface area contributed by atoms with Gasteiger partial charge in [0.1, 0.15) is 5.82 Å². The number of aromatic nitrogens is 1. The first-order chi connectivity index (χ1) is 12.4. The Hall–Kier alpha value is -2.08. The molecular weight excluding hydrogens is 346 g/mol. The zero-order valence-electron chi connectivity index (χ0n) is 15.7. The van der Waals surface area contributed by atoms with Crippen LogP contribution in [0.5, 0.6) is 0 Å². The molecule has 5 nitrogen and oxygen atoms in total. The first kappa shape index (κ1) is 18.7. The smallest absolute Gasteiger partial charge is 0.262 e. The molecule has 1 saturated heterocycles. The van der Waals surface area contributed by atoms with Gasteiger partial charge < -0.3 is 4.90 Å². The van der Waals surface area contributed by atoms with Crippen LogP contribution in [-0.4, -0.2) is 26.0 Å². The third-order valence-corrected chi connectivity index (χ3v) is 6.55. The van der Waals surface area contributed by atoms with Gasteiger partial charge in [0.05, 0.1) is 16.8 Å². The van der Waals surface area contributed by atoms with E-state index in [0.717, 1.165) is 29.9 Å². The Morgan fingerprint density at radius 3 is 2.65 bits per heavy atom. The van der Waals surface area contributed by atoms with Gasteiger partial charge in [0.15, 0.2) is 0 Å². The summed E-state index contributed by atoms with van der Waals surface area (Å²) in [4.78, 5) is 7.15. The highest BCUT2D eigenvalue weighted by Gasteiger charge is 2.22. The summed E-state index contributed by atoms with van der Waals surface area (Å²) in [7, 11) is -3.62. The summed E-state index contributed by atoms with van der Waals surface area (Å²) in [5, 5.41) is 0. The number of anilines is 2. The fourth-order valence-corrected chi connectivity index (χ4v) is 4.92. The number of benzene rings is 1. The standard InChI is InChI=1S/C20H27N3O2S/c1-4-18-7-5-6-12-23(18)20-11-9-17(14-21-20)22-26(24,25)19-10-8-15(2)13-16(19)3/h8-11,13-14,18,22H,4-7,12H2,1-3H3. The van der Waals surface area contributed by atoms with E-state index in [1.807, 2.05) is 32.0 Å². The van der Waals surface area contributed by atoms with E-state index in [2.05, 4.69) is 21.5 Å². The molecule has 1 N–H and O–H groups in total. The van der Waals surface area contributed by atoms with Crippen molar-refractivity contribution in [2.75, 3.05) is 16.2 Å². The van der Waals surface area contributed by atoms with Crippen LogP contribution >= 0.6 is 0 Å². The molecule has 0 aliphatic carbocycles. The van der Waals surface area contributed by atoms with Gasteiger partial charge in [-0.25, -0.2) is 13.4 Å². The summed E-state index contributed by atoms with van der Waals surface area (Å²) >= 11 is 0. The molecule has 26 heavy (non-hydrogen) atoms. The maximum atomic E-state index is 12.7. The van der Waals surface area contributed by atoms with Gasteiger partial charge in [-0.2, -0.15) is 0 Å². The lowest BCUT2D eigenvalue weighted by Crippen LogP contribution is -2.39. The molecule has 6 heteroatoms. The van der Waals surface area contributed by atoms with Crippen LogP contribution in [0.2, 0.25) is 0 Å². The van der Waals surface area contributed by atoms with Crippen LogP contribution in [0.25, 0.3) is 0 Å². The molecule has 1 aliphatic heterocycles. The Morgan fingerprint density at radius 2 is 2.00 bits per heavy atom. The van der Waals surface area contributed by atoms with E-state index in [1.165, 1.54) is 19.3 Å². The maximum absolute atomic E-state index is 12.7. The number of rotatable bonds is 5. The molecular formula is C20H27N3O2S. The van der Waals surface area contributed by atoms with E-state index in [4.69, 9.17) is 0 Å². The van der Waals surface area contributed by atoms with Crippen molar-refractivity contribution >= 4 is 21.5 Å². The zero-order chi connectivity index (χ0) is 18.7. The van der Waals surface area contributed by atoms with Crippen molar-refractivity contribution in [2.45, 2.75) is 57.4 Å². The lowest BCUT2D eigenvalue weighted by atomic mass is 10.00. The summed E-state index contributed by atoms with van der Waals surface area (Å²) in [5.74, 6) is 0.922. The highest BCUT2D eigenvalue weighted by atomic mass is 32.2. The average molecular weight is 374 g/mol. The number of sulfonamides is 1. The predicted molar refractivity (Wildman–Crippen MR) is 106 cm³/mol. The minimum atomic E-state index is -3.62. The Balaban J connectivity index is 1.78. The van der Waals surface area contributed by atoms with E-state index in [-0.39, 0.29) is 0 Å². The highest BCUT2D eigenvalue weighted by molar-refractivity contribution is 7.92. The summed E-state index contributed by atoms with van der Waals surface area (Å²) in [6.07, 6.45) is 6.35. The summed E-state index contributed by atoms with van der Waals surface area (Å²) in [6.45, 7) is 6.97. The van der Waals surface area contributed by atoms with Gasteiger partial charge in [-0.15, -0.1) is 0 Å². The number of hydrogen-bond donors (Lipinski definition) is 1. The van der Waals surface area contributed by atoms with Crippen LogP contribution in [-0.2, 0) is 10.0 Å². The van der Waals surface area contributed by atoms with Gasteiger partial charge in [0.2, 0.25) is 0 Å². The van der Waals surface area contributed by atoms with E-state index < -0.39 is 10.0 Å². The Bertz CT molecular complexity index is 863. The van der Waals surface area contributed by atoms with Gasteiger partial charge in [-0.05, 0) is 63.3 Å². The largest absolute Gasteiger partial charge is 0.354 e. The number of pyridine rings is 1. The minimum absolute atomic E-state index is 0.300. The fraction of sp³-hybridized carbons (Fsp3) is 0.450. The molecule has 0 saturated carbocycles. The molecule has 1 unspecified atom stereocenters. The molecule has 0 bridgehead atoms. The van der Waals surface area contributed by atoms with E-state index >= 15 is 0 Å². The number of nitrogens with one attached hydrogen (secondary N) is 1. The van der Waals surface area contributed by atoms with Crippen molar-refractivity contribution in [3.8, 4) is 0 Å². The monoisotopic (exact) mass is 373 g/mol. The Morgan fingerprint density at radius 1 is 1.19 bits per heavy atom. The molecule has 1 aromatic carbocycles. The van der Waals surface area contributed by atoms with Crippen LogP contribution in [0.1, 0.15) is 43.7 Å². The van der Waals surface area contributed by atoms with Crippen LogP contribution < -0.4 is 9.62 Å². The molecule has 140 valence electrons. The lowest BCUT2D eigenvalue weighted by Gasteiger charge is -2.36. The second kappa shape index (κ2) is 7.66. The van der Waals surface area contributed by atoms with Crippen molar-refractivity contribution in [2.24, 2.45) is 0 Å². The van der Waals surface area contributed by atoms with Gasteiger partial charge in [-0.3, -0.25) is 4.72 Å². The van der Waals surface area contributed by atoms with Gasteiger partial charge in [-0.1, -0.05) is 24.6 Å². The van der Waals surface area contributed by atoms with Crippen LogP contribution in [0, 0.1) is 13.8 Å². The van der Waals surface area contributed by atoms with Crippen molar-refractivity contribution in [1.82, 2.24) is 4.98 Å². The molecule has 0 spiro atoms. The number of aryl methyl sites for hydroxylation is 2. The summed E-state index contributed by atoms with van der Waals surface area (Å²) in [6, 6.07) is 9.56. The van der Waals surface area contributed by atoms with Crippen molar-refractivity contribution < 1.29 is 8.42 Å². The van der Waals surface area contributed by atoms with Gasteiger partial charge in [0.25, 0.3) is 10.0 Å². The molecule has 1 atom stereocenters. The molecule has 0 radical (unpaired) electrons. The van der Waals surface area contributed by atoms with Crippen molar-refractivity contribution in [3.63, 3.8) is 0 Å². The highest BCUT2D eigenvalue weighted by Crippen LogP contribution is 2.26. The fourth-order valence-electron chi connectivity index (χ4n) is 3.65. The van der Waals surface area contributed by atoms with E-state index in [9.17, 15) is 8.42 Å². The zero-order valence-corrected chi connectivity index (χ0v) is 16.5. The number of nitrogens with zero attached hydrogens (tertiary/aromatic N) is 2. The predicted octanol–water partition coefficient (Wildman–Crippen LogP) is 4.27. The van der Waals surface area contributed by atoms with E-state index in [0.29, 0.717) is 16.6 Å². The Labute approximate surface area is 156 Å². The second-order valence-corrected chi connectivity index (χ2v) is 8.68. The molecule has 1 aliphatic rings. The minimum Gasteiger partial charge on any atom is -0.354 e. The third-order valence-electron chi connectivity index (χ3n) is 5.01. The number of piperidine rings is 1. The van der Waals surface area contributed by atoms with Crippen LogP contribution in [0.15, 0.2) is 41.4 Å². The molecule has 1 fully saturated rings. The van der Waals surface area contributed by atoms with Crippen molar-refractivity contribution in [1.29, 1.82) is 0 Å². The molecule has 0 amide bonds. The third kappa shape index (κ3) is 4.01. The number of hydrogen-bond acceptors (Lipinski definition) is 4. The first-order valence-electron chi connectivity index (χ1n) is 9.23. The molecule has 2 aromatic rings. The molecule has 1 aromatic heterocycles. The Kier molecular flexibility index (Phi) is 5.51. The summed E-state index contributed by atoms with van der Waals surface area (Å²) < 4.78 is 28.0. The summed E-state index contributed by atoms with van der Waals surface area (Å²) in [5.41, 5.74) is 2.26. The lowest BCUT2D eigenvalue weighted by molar-refractivity contribution is 0.447.